The molecule has 21 heavy (non-hydrogen) atoms. The largest absolute Gasteiger partial charge is 0.466 e. The van der Waals surface area contributed by atoms with E-state index in [1.165, 1.54) is 36.0 Å². The topological polar surface area (TPSA) is 29.5 Å². The molecule has 0 aliphatic carbocycles. The molecule has 1 unspecified atom stereocenters. The maximum Gasteiger partial charge on any atom is 0.307 e. The Morgan fingerprint density at radius 1 is 1.24 bits per heavy atom. The van der Waals surface area contributed by atoms with Crippen molar-refractivity contribution in [3.63, 3.8) is 0 Å². The average molecular weight is 289 g/mol. The molecule has 0 N–H and O–H groups in total. The van der Waals surface area contributed by atoms with Crippen LogP contribution in [0.25, 0.3) is 0 Å². The molecule has 0 spiro atoms. The number of esters is 1. The predicted octanol–water partition coefficient (Wildman–Crippen LogP) is 3.78. The highest BCUT2D eigenvalue weighted by Crippen LogP contribution is 2.30. The summed E-state index contributed by atoms with van der Waals surface area (Å²) < 4.78 is 5.19. The Hall–Kier alpha value is -1.35. The molecule has 1 aliphatic heterocycles. The van der Waals surface area contributed by atoms with E-state index in [2.05, 4.69) is 36.9 Å². The molecule has 0 saturated carbocycles. The van der Waals surface area contributed by atoms with Crippen LogP contribution >= 0.6 is 0 Å². The number of hydrogen-bond donors (Lipinski definition) is 0. The molecule has 1 atom stereocenters. The Morgan fingerprint density at radius 2 is 1.95 bits per heavy atom. The van der Waals surface area contributed by atoms with Crippen LogP contribution in [0.5, 0.6) is 0 Å². The van der Waals surface area contributed by atoms with E-state index in [1.54, 1.807) is 0 Å². The van der Waals surface area contributed by atoms with Crippen molar-refractivity contribution in [1.29, 1.82) is 0 Å². The quantitative estimate of drug-likeness (QED) is 0.773. The standard InChI is InChI=1S/C18H27NO2/c1-4-21-18(20)13-17(19-10-6-5-7-11-19)16-12-14(2)8-9-15(16)3/h8-9,12,17H,4-7,10-11,13H2,1-3H3. The number of piperidine rings is 1. The van der Waals surface area contributed by atoms with E-state index in [9.17, 15) is 4.79 Å². The van der Waals surface area contributed by atoms with E-state index in [4.69, 9.17) is 4.74 Å². The van der Waals surface area contributed by atoms with Crippen molar-refractivity contribution in [2.75, 3.05) is 19.7 Å². The van der Waals surface area contributed by atoms with Gasteiger partial charge in [-0.25, -0.2) is 0 Å². The van der Waals surface area contributed by atoms with Gasteiger partial charge in [0, 0.05) is 6.04 Å². The first-order chi connectivity index (χ1) is 10.1. The third-order valence-electron chi connectivity index (χ3n) is 4.29. The summed E-state index contributed by atoms with van der Waals surface area (Å²) in [5.74, 6) is -0.0889. The van der Waals surface area contributed by atoms with Crippen LogP contribution in [0.15, 0.2) is 18.2 Å². The smallest absolute Gasteiger partial charge is 0.307 e. The Balaban J connectivity index is 2.25. The molecule has 3 heteroatoms. The number of likely N-dealkylation sites (tertiary alicyclic amines) is 1. The second kappa shape index (κ2) is 7.60. The van der Waals surface area contributed by atoms with Gasteiger partial charge in [-0.05, 0) is 57.8 Å². The van der Waals surface area contributed by atoms with Crippen molar-refractivity contribution in [2.45, 2.75) is 52.5 Å². The molecule has 1 fully saturated rings. The molecule has 0 bridgehead atoms. The molecular weight excluding hydrogens is 262 g/mol. The molecule has 0 amide bonds. The van der Waals surface area contributed by atoms with Gasteiger partial charge in [-0.2, -0.15) is 0 Å². The summed E-state index contributed by atoms with van der Waals surface area (Å²) in [4.78, 5) is 14.5. The second-order valence-electron chi connectivity index (χ2n) is 5.98. The highest BCUT2D eigenvalue weighted by Gasteiger charge is 2.26. The van der Waals surface area contributed by atoms with Gasteiger partial charge in [-0.1, -0.05) is 30.2 Å². The first-order valence-corrected chi connectivity index (χ1v) is 8.08. The third kappa shape index (κ3) is 4.31. The second-order valence-corrected chi connectivity index (χ2v) is 5.98. The zero-order valence-corrected chi connectivity index (χ0v) is 13.5. The summed E-state index contributed by atoms with van der Waals surface area (Å²) in [6.07, 6.45) is 4.21. The van der Waals surface area contributed by atoms with Gasteiger partial charge in [0.25, 0.3) is 0 Å². The minimum Gasteiger partial charge on any atom is -0.466 e. The molecule has 1 aromatic rings. The van der Waals surface area contributed by atoms with Gasteiger partial charge in [0.05, 0.1) is 13.0 Å². The average Bonchev–Trinajstić information content (AvgIpc) is 2.49. The van der Waals surface area contributed by atoms with Gasteiger partial charge in [-0.15, -0.1) is 0 Å². The maximum atomic E-state index is 12.0. The van der Waals surface area contributed by atoms with E-state index in [1.807, 2.05) is 6.92 Å². The fourth-order valence-corrected chi connectivity index (χ4v) is 3.16. The van der Waals surface area contributed by atoms with Crippen molar-refractivity contribution in [2.24, 2.45) is 0 Å². The number of aryl methyl sites for hydroxylation is 2. The minimum atomic E-state index is -0.0889. The normalized spacial score (nSPS) is 17.5. The van der Waals surface area contributed by atoms with E-state index in [-0.39, 0.29) is 12.0 Å². The number of rotatable bonds is 5. The molecule has 0 aromatic heterocycles. The number of nitrogens with zero attached hydrogens (tertiary/aromatic N) is 1. The van der Waals surface area contributed by atoms with Gasteiger partial charge >= 0.3 is 5.97 Å². The van der Waals surface area contributed by atoms with Crippen LogP contribution in [0.4, 0.5) is 0 Å². The molecular formula is C18H27NO2. The van der Waals surface area contributed by atoms with Crippen LogP contribution in [-0.2, 0) is 9.53 Å². The van der Waals surface area contributed by atoms with Gasteiger partial charge in [0.15, 0.2) is 0 Å². The van der Waals surface area contributed by atoms with Crippen LogP contribution in [0.3, 0.4) is 0 Å². The number of carbonyl (C=O) groups excluding carboxylic acids is 1. The summed E-state index contributed by atoms with van der Waals surface area (Å²) in [5.41, 5.74) is 3.80. The molecule has 1 heterocycles. The lowest BCUT2D eigenvalue weighted by Crippen LogP contribution is -2.35. The van der Waals surface area contributed by atoms with Crippen LogP contribution in [0.1, 0.15) is 55.3 Å². The predicted molar refractivity (Wildman–Crippen MR) is 85.3 cm³/mol. The van der Waals surface area contributed by atoms with Crippen molar-refractivity contribution in [1.82, 2.24) is 4.90 Å². The minimum absolute atomic E-state index is 0.0889. The SMILES string of the molecule is CCOC(=O)CC(c1cc(C)ccc1C)N1CCCCC1. The van der Waals surface area contributed by atoms with Crippen LogP contribution < -0.4 is 0 Å². The van der Waals surface area contributed by atoms with E-state index in [0.717, 1.165) is 13.1 Å². The van der Waals surface area contributed by atoms with Crippen LogP contribution in [-0.4, -0.2) is 30.6 Å². The van der Waals surface area contributed by atoms with Gasteiger partial charge in [-0.3, -0.25) is 9.69 Å². The van der Waals surface area contributed by atoms with Gasteiger partial charge in [0.2, 0.25) is 0 Å². The molecule has 2 rings (SSSR count). The molecule has 116 valence electrons. The maximum absolute atomic E-state index is 12.0. The summed E-state index contributed by atoms with van der Waals surface area (Å²) in [6, 6.07) is 6.68. The highest BCUT2D eigenvalue weighted by atomic mass is 16.5. The lowest BCUT2D eigenvalue weighted by Gasteiger charge is -2.35. The van der Waals surface area contributed by atoms with Crippen molar-refractivity contribution in [3.05, 3.63) is 34.9 Å². The van der Waals surface area contributed by atoms with E-state index in [0.29, 0.717) is 13.0 Å². The summed E-state index contributed by atoms with van der Waals surface area (Å²) in [5, 5.41) is 0. The molecule has 0 radical (unpaired) electrons. The summed E-state index contributed by atoms with van der Waals surface area (Å²) >= 11 is 0. The van der Waals surface area contributed by atoms with Gasteiger partial charge in [0.1, 0.15) is 0 Å². The third-order valence-corrected chi connectivity index (χ3v) is 4.29. The first kappa shape index (κ1) is 16.0. The zero-order chi connectivity index (χ0) is 15.2. The van der Waals surface area contributed by atoms with Crippen LogP contribution in [0, 0.1) is 13.8 Å². The highest BCUT2D eigenvalue weighted by molar-refractivity contribution is 5.70. The molecule has 1 aromatic carbocycles. The Kier molecular flexibility index (Phi) is 5.80. The number of ether oxygens (including phenoxy) is 1. The van der Waals surface area contributed by atoms with Crippen LogP contribution in [0.2, 0.25) is 0 Å². The Labute approximate surface area is 128 Å². The number of hydrogen-bond acceptors (Lipinski definition) is 3. The number of carbonyl (C=O) groups is 1. The van der Waals surface area contributed by atoms with E-state index < -0.39 is 0 Å². The fourth-order valence-electron chi connectivity index (χ4n) is 3.16. The number of benzene rings is 1. The van der Waals surface area contributed by atoms with Crippen molar-refractivity contribution in [3.8, 4) is 0 Å². The first-order valence-electron chi connectivity index (χ1n) is 8.08. The van der Waals surface area contributed by atoms with Crippen molar-refractivity contribution < 1.29 is 9.53 Å². The fraction of sp³-hybridized carbons (Fsp3) is 0.611. The summed E-state index contributed by atoms with van der Waals surface area (Å²) in [7, 11) is 0. The van der Waals surface area contributed by atoms with Crippen molar-refractivity contribution >= 4 is 5.97 Å². The molecule has 1 saturated heterocycles. The molecule has 1 aliphatic rings. The molecule has 3 nitrogen and oxygen atoms in total. The van der Waals surface area contributed by atoms with E-state index >= 15 is 0 Å². The Morgan fingerprint density at radius 3 is 2.62 bits per heavy atom. The van der Waals surface area contributed by atoms with Gasteiger partial charge < -0.3 is 4.74 Å². The monoisotopic (exact) mass is 289 g/mol. The lowest BCUT2D eigenvalue weighted by atomic mass is 9.94. The lowest BCUT2D eigenvalue weighted by molar-refractivity contribution is -0.144. The zero-order valence-electron chi connectivity index (χ0n) is 13.5. The summed E-state index contributed by atoms with van der Waals surface area (Å²) in [6.45, 7) is 8.73. The Bertz CT molecular complexity index is 478.